The number of carbonyl (C=O) groups excluding carboxylic acids is 1. The minimum absolute atomic E-state index is 0.0368. The van der Waals surface area contributed by atoms with Crippen LogP contribution in [0.5, 0.6) is 0 Å². The lowest BCUT2D eigenvalue weighted by atomic mass is 10.1. The van der Waals surface area contributed by atoms with Gasteiger partial charge < -0.3 is 10.1 Å². The van der Waals surface area contributed by atoms with Crippen molar-refractivity contribution in [2.24, 2.45) is 0 Å². The zero-order valence-corrected chi connectivity index (χ0v) is 13.1. The summed E-state index contributed by atoms with van der Waals surface area (Å²) in [6.07, 6.45) is -0.876. The molecule has 0 fully saturated rings. The Bertz CT molecular complexity index is 635. The largest absolute Gasteiger partial charge is 0.445 e. The van der Waals surface area contributed by atoms with Crippen molar-refractivity contribution in [1.82, 2.24) is 5.32 Å². The van der Waals surface area contributed by atoms with Gasteiger partial charge in [-0.2, -0.15) is 8.78 Å². The van der Waals surface area contributed by atoms with E-state index in [9.17, 15) is 13.6 Å². The molecule has 0 spiro atoms. The molecule has 1 N–H and O–H groups in total. The molecule has 0 bridgehead atoms. The van der Waals surface area contributed by atoms with Crippen LogP contribution in [-0.4, -0.2) is 12.6 Å². The van der Waals surface area contributed by atoms with Crippen LogP contribution in [0.3, 0.4) is 0 Å². The minimum Gasteiger partial charge on any atom is -0.445 e. The Balaban J connectivity index is 1.85. The molecule has 0 heterocycles. The number of halogens is 3. The lowest BCUT2D eigenvalue weighted by molar-refractivity contribution is -0.00383. The van der Waals surface area contributed by atoms with Gasteiger partial charge in [0.2, 0.25) is 0 Å². The van der Waals surface area contributed by atoms with Gasteiger partial charge >= 0.3 is 6.09 Å². The molecule has 0 aliphatic heterocycles. The highest BCUT2D eigenvalue weighted by Gasteiger charge is 2.32. The normalized spacial score (nSPS) is 11.0. The van der Waals surface area contributed by atoms with Crippen LogP contribution in [0.1, 0.15) is 11.1 Å². The Morgan fingerprint density at radius 3 is 2.55 bits per heavy atom. The second-order valence-corrected chi connectivity index (χ2v) is 5.55. The number of amides is 1. The third-order valence-corrected chi connectivity index (χ3v) is 3.41. The fourth-order valence-electron chi connectivity index (χ4n) is 1.78. The van der Waals surface area contributed by atoms with Crippen LogP contribution in [0.2, 0.25) is 0 Å². The van der Waals surface area contributed by atoms with Gasteiger partial charge in [-0.05, 0) is 17.7 Å². The van der Waals surface area contributed by atoms with E-state index in [4.69, 9.17) is 4.74 Å². The van der Waals surface area contributed by atoms with E-state index in [-0.39, 0.29) is 12.2 Å². The summed E-state index contributed by atoms with van der Waals surface area (Å²) in [5.74, 6) is -3.17. The minimum atomic E-state index is -3.17. The van der Waals surface area contributed by atoms with E-state index in [1.165, 1.54) is 18.2 Å². The summed E-state index contributed by atoms with van der Waals surface area (Å²) in [6.45, 7) is -0.786. The Labute approximate surface area is 135 Å². The molecule has 0 radical (unpaired) electrons. The second-order valence-electron chi connectivity index (χ2n) is 4.63. The molecule has 0 aliphatic rings. The number of alkyl halides is 2. The van der Waals surface area contributed by atoms with Crippen molar-refractivity contribution < 1.29 is 18.3 Å². The summed E-state index contributed by atoms with van der Waals surface area (Å²) in [6, 6.07) is 14.8. The van der Waals surface area contributed by atoms with Gasteiger partial charge in [-0.15, -0.1) is 0 Å². The number of benzene rings is 2. The standard InChI is InChI=1S/C16H14BrF2NO2/c17-14-8-4-7-13(9-14)16(18,19)11-20-15(21)22-10-12-5-2-1-3-6-12/h1-9H,10-11H2,(H,20,21). The molecule has 2 rings (SSSR count). The number of nitrogens with one attached hydrogen (secondary N) is 1. The zero-order valence-electron chi connectivity index (χ0n) is 11.6. The van der Waals surface area contributed by atoms with E-state index in [0.29, 0.717) is 4.47 Å². The fraction of sp³-hybridized carbons (Fsp3) is 0.188. The monoisotopic (exact) mass is 369 g/mol. The molecule has 1 amide bonds. The Morgan fingerprint density at radius 2 is 1.86 bits per heavy atom. The van der Waals surface area contributed by atoms with E-state index in [1.54, 1.807) is 30.3 Å². The van der Waals surface area contributed by atoms with Crippen LogP contribution in [0.25, 0.3) is 0 Å². The predicted octanol–water partition coefficient (Wildman–Crippen LogP) is 4.47. The average Bonchev–Trinajstić information content (AvgIpc) is 2.52. The fourth-order valence-corrected chi connectivity index (χ4v) is 2.17. The van der Waals surface area contributed by atoms with Gasteiger partial charge in [-0.25, -0.2) is 4.79 Å². The van der Waals surface area contributed by atoms with Crippen LogP contribution in [0.4, 0.5) is 13.6 Å². The van der Waals surface area contributed by atoms with Crippen LogP contribution in [-0.2, 0) is 17.3 Å². The summed E-state index contributed by atoms with van der Waals surface area (Å²) < 4.78 is 33.4. The molecule has 3 nitrogen and oxygen atoms in total. The quantitative estimate of drug-likeness (QED) is 0.844. The van der Waals surface area contributed by atoms with E-state index in [1.807, 2.05) is 6.07 Å². The maximum atomic E-state index is 14.0. The number of carbonyl (C=O) groups is 1. The molecule has 6 heteroatoms. The SMILES string of the molecule is O=C(NCC(F)(F)c1cccc(Br)c1)OCc1ccccc1. The predicted molar refractivity (Wildman–Crippen MR) is 82.7 cm³/mol. The van der Waals surface area contributed by atoms with Crippen molar-refractivity contribution in [3.05, 3.63) is 70.2 Å². The van der Waals surface area contributed by atoms with Crippen LogP contribution >= 0.6 is 15.9 Å². The Hall–Kier alpha value is -1.95. The molecule has 0 saturated heterocycles. The molecule has 0 aromatic heterocycles. The molecule has 0 saturated carbocycles. The molecular formula is C16H14BrF2NO2. The van der Waals surface area contributed by atoms with Crippen molar-refractivity contribution in [2.75, 3.05) is 6.54 Å². The number of ether oxygens (including phenoxy) is 1. The molecule has 0 atom stereocenters. The van der Waals surface area contributed by atoms with Gasteiger partial charge in [0.05, 0.1) is 6.54 Å². The highest BCUT2D eigenvalue weighted by atomic mass is 79.9. The van der Waals surface area contributed by atoms with Crippen molar-refractivity contribution >= 4 is 22.0 Å². The Morgan fingerprint density at radius 1 is 1.14 bits per heavy atom. The first-order chi connectivity index (χ1) is 10.5. The maximum Gasteiger partial charge on any atom is 0.407 e. The van der Waals surface area contributed by atoms with Crippen molar-refractivity contribution in [2.45, 2.75) is 12.5 Å². The first-order valence-corrected chi connectivity index (χ1v) is 7.35. The van der Waals surface area contributed by atoms with E-state index >= 15 is 0 Å². The summed E-state index contributed by atoms with van der Waals surface area (Å²) in [5.41, 5.74) is 0.613. The summed E-state index contributed by atoms with van der Waals surface area (Å²) in [5, 5.41) is 2.08. The zero-order chi connectivity index (χ0) is 16.0. The van der Waals surface area contributed by atoms with Gasteiger partial charge in [0, 0.05) is 10.0 Å². The molecule has 0 aliphatic carbocycles. The van der Waals surface area contributed by atoms with Crippen molar-refractivity contribution in [3.8, 4) is 0 Å². The molecular weight excluding hydrogens is 356 g/mol. The topological polar surface area (TPSA) is 38.3 Å². The summed E-state index contributed by atoms with van der Waals surface area (Å²) >= 11 is 3.14. The van der Waals surface area contributed by atoms with Gasteiger partial charge in [0.25, 0.3) is 5.92 Å². The number of hydrogen-bond acceptors (Lipinski definition) is 2. The second kappa shape index (κ2) is 7.35. The lowest BCUT2D eigenvalue weighted by Crippen LogP contribution is -2.35. The van der Waals surface area contributed by atoms with Crippen LogP contribution in [0.15, 0.2) is 59.1 Å². The molecule has 2 aromatic rings. The summed E-state index contributed by atoms with van der Waals surface area (Å²) in [4.78, 5) is 11.5. The van der Waals surface area contributed by atoms with Gasteiger partial charge in [-0.3, -0.25) is 0 Å². The Kier molecular flexibility index (Phi) is 5.49. The maximum absolute atomic E-state index is 14.0. The first-order valence-electron chi connectivity index (χ1n) is 6.56. The third kappa shape index (κ3) is 4.80. The van der Waals surface area contributed by atoms with Crippen LogP contribution in [0, 0.1) is 0 Å². The van der Waals surface area contributed by atoms with Crippen molar-refractivity contribution in [3.63, 3.8) is 0 Å². The van der Waals surface area contributed by atoms with Gasteiger partial charge in [0.15, 0.2) is 0 Å². The molecule has 0 unspecified atom stereocenters. The molecule has 22 heavy (non-hydrogen) atoms. The smallest absolute Gasteiger partial charge is 0.407 e. The lowest BCUT2D eigenvalue weighted by Gasteiger charge is -2.17. The highest BCUT2D eigenvalue weighted by molar-refractivity contribution is 9.10. The third-order valence-electron chi connectivity index (χ3n) is 2.91. The van der Waals surface area contributed by atoms with E-state index in [0.717, 1.165) is 5.56 Å². The number of rotatable bonds is 5. The summed E-state index contributed by atoms with van der Waals surface area (Å²) in [7, 11) is 0. The van der Waals surface area contributed by atoms with Gasteiger partial charge in [0.1, 0.15) is 6.61 Å². The highest BCUT2D eigenvalue weighted by Crippen LogP contribution is 2.28. The molecule has 116 valence electrons. The number of hydrogen-bond donors (Lipinski definition) is 1. The first kappa shape index (κ1) is 16.4. The van der Waals surface area contributed by atoms with Crippen LogP contribution < -0.4 is 5.32 Å². The molecule has 2 aromatic carbocycles. The van der Waals surface area contributed by atoms with E-state index < -0.39 is 18.6 Å². The van der Waals surface area contributed by atoms with Gasteiger partial charge in [-0.1, -0.05) is 58.4 Å². The average molecular weight is 370 g/mol. The number of alkyl carbamates (subject to hydrolysis) is 1. The van der Waals surface area contributed by atoms with E-state index in [2.05, 4.69) is 21.2 Å². The van der Waals surface area contributed by atoms with Crippen molar-refractivity contribution in [1.29, 1.82) is 0 Å².